The van der Waals surface area contributed by atoms with Crippen molar-refractivity contribution in [1.82, 2.24) is 0 Å². The molecule has 4 aliphatic rings. The molecule has 0 aromatic heterocycles. The van der Waals surface area contributed by atoms with Crippen LogP contribution >= 0.6 is 0 Å². The average Bonchev–Trinajstić information content (AvgIpc) is 3.58. The molecule has 6 aromatic carbocycles. The van der Waals surface area contributed by atoms with Crippen LogP contribution in [-0.2, 0) is 10.8 Å². The Morgan fingerprint density at radius 1 is 0.642 bits per heavy atom. The quantitative estimate of drug-likeness (QED) is 0.175. The lowest BCUT2D eigenvalue weighted by atomic mass is 9.72. The first-order valence-corrected chi connectivity index (χ1v) is 19.3. The van der Waals surface area contributed by atoms with Crippen LogP contribution in [0.3, 0.4) is 0 Å². The minimum absolute atomic E-state index is 0.0203. The number of hydrogen-bond donors (Lipinski definition) is 0. The molecule has 1 nitrogen and oxygen atoms in total. The predicted octanol–water partition coefficient (Wildman–Crippen LogP) is 13.8. The molecular weight excluding hydrogens is 639 g/mol. The molecule has 1 heteroatoms. The van der Waals surface area contributed by atoms with Crippen molar-refractivity contribution in [3.8, 4) is 22.3 Å². The van der Waals surface area contributed by atoms with Crippen LogP contribution < -0.4 is 4.90 Å². The number of benzene rings is 6. The second-order valence-electron chi connectivity index (χ2n) is 16.4. The summed E-state index contributed by atoms with van der Waals surface area (Å²) in [5.41, 5.74) is 17.4. The number of anilines is 2. The van der Waals surface area contributed by atoms with Gasteiger partial charge in [-0.25, -0.2) is 0 Å². The number of nitrogens with zero attached hydrogens (tertiary/aromatic N) is 1. The second kappa shape index (κ2) is 11.9. The summed E-state index contributed by atoms with van der Waals surface area (Å²) in [6, 6.07) is 47.7. The van der Waals surface area contributed by atoms with E-state index in [1.807, 2.05) is 0 Å². The lowest BCUT2D eigenvalue weighted by Gasteiger charge is -2.33. The van der Waals surface area contributed by atoms with Gasteiger partial charge in [-0.2, -0.15) is 0 Å². The van der Waals surface area contributed by atoms with Gasteiger partial charge < -0.3 is 4.90 Å². The Kier molecular flexibility index (Phi) is 7.21. The topological polar surface area (TPSA) is 3.24 Å². The minimum atomic E-state index is -0.0769. The fourth-order valence-electron chi connectivity index (χ4n) is 10.2. The number of allylic oxidation sites excluding steroid dienone is 7. The van der Waals surface area contributed by atoms with Crippen LogP contribution in [0.15, 0.2) is 170 Å². The Balaban J connectivity index is 1.14. The van der Waals surface area contributed by atoms with Gasteiger partial charge in [0.1, 0.15) is 0 Å². The smallest absolute Gasteiger partial charge is 0.0546 e. The van der Waals surface area contributed by atoms with Crippen molar-refractivity contribution < 1.29 is 0 Å². The van der Waals surface area contributed by atoms with Crippen LogP contribution in [0.2, 0.25) is 0 Å². The van der Waals surface area contributed by atoms with Gasteiger partial charge in [0, 0.05) is 28.3 Å². The van der Waals surface area contributed by atoms with E-state index in [2.05, 4.69) is 196 Å². The average molecular weight is 684 g/mol. The summed E-state index contributed by atoms with van der Waals surface area (Å²) < 4.78 is 0. The number of hydrogen-bond acceptors (Lipinski definition) is 1. The van der Waals surface area contributed by atoms with Crippen molar-refractivity contribution in [2.75, 3.05) is 4.90 Å². The second-order valence-corrected chi connectivity index (χ2v) is 16.4. The molecule has 0 saturated carbocycles. The van der Waals surface area contributed by atoms with Crippen LogP contribution in [0, 0.1) is 5.92 Å². The van der Waals surface area contributed by atoms with Crippen LogP contribution in [0.1, 0.15) is 74.3 Å². The summed E-state index contributed by atoms with van der Waals surface area (Å²) in [5.74, 6) is 0.663. The molecule has 4 aliphatic carbocycles. The molecule has 258 valence electrons. The van der Waals surface area contributed by atoms with E-state index < -0.39 is 0 Å². The third-order valence-corrected chi connectivity index (χ3v) is 12.7. The maximum absolute atomic E-state index is 2.58. The standard InChI is InChI=1S/C52H45N/c1-51(2)45-25-14-13-22-40(45)41-29-26-36(33-47(41)51)35-27-30-46-44(32-35)42-23-15-24-43(50(42)52(46,3)4)49-39-21-12-11-16-34(39)28-31-48(49)53(37-17-7-5-8-18-37)38-19-9-6-10-20-38/h5,7-9,11-33,44,46H,6,10H2,1-4H3. The zero-order valence-electron chi connectivity index (χ0n) is 31.1. The first-order chi connectivity index (χ1) is 25.8. The van der Waals surface area contributed by atoms with E-state index in [4.69, 9.17) is 0 Å². The molecule has 0 fully saturated rings. The largest absolute Gasteiger partial charge is 0.310 e. The molecule has 0 aliphatic heterocycles. The van der Waals surface area contributed by atoms with Gasteiger partial charge in [-0.1, -0.05) is 161 Å². The molecule has 0 bridgehead atoms. The van der Waals surface area contributed by atoms with E-state index in [9.17, 15) is 0 Å². The Hall–Kier alpha value is -5.66. The summed E-state index contributed by atoms with van der Waals surface area (Å²) in [7, 11) is 0. The van der Waals surface area contributed by atoms with Crippen molar-refractivity contribution in [2.45, 2.75) is 57.3 Å². The first-order valence-electron chi connectivity index (χ1n) is 19.3. The van der Waals surface area contributed by atoms with E-state index in [1.54, 1.807) is 0 Å². The van der Waals surface area contributed by atoms with Crippen LogP contribution in [-0.4, -0.2) is 0 Å². The molecule has 0 amide bonds. The summed E-state index contributed by atoms with van der Waals surface area (Å²) in [6.07, 6.45) is 16.7. The van der Waals surface area contributed by atoms with Crippen molar-refractivity contribution >= 4 is 27.7 Å². The highest BCUT2D eigenvalue weighted by molar-refractivity contribution is 6.06. The van der Waals surface area contributed by atoms with Gasteiger partial charge in [-0.3, -0.25) is 0 Å². The van der Waals surface area contributed by atoms with Gasteiger partial charge in [0.15, 0.2) is 0 Å². The van der Waals surface area contributed by atoms with Gasteiger partial charge in [-0.15, -0.1) is 0 Å². The Labute approximate surface area is 314 Å². The van der Waals surface area contributed by atoms with Gasteiger partial charge in [0.25, 0.3) is 0 Å². The fourth-order valence-corrected chi connectivity index (χ4v) is 10.2. The lowest BCUT2D eigenvalue weighted by molar-refractivity contribution is 0.396. The number of fused-ring (bicyclic) bond motifs is 7. The van der Waals surface area contributed by atoms with Crippen LogP contribution in [0.5, 0.6) is 0 Å². The monoisotopic (exact) mass is 683 g/mol. The third kappa shape index (κ3) is 4.83. The highest BCUT2D eigenvalue weighted by Gasteiger charge is 2.47. The molecular formula is C52H45N. The summed E-state index contributed by atoms with van der Waals surface area (Å²) in [5, 5.41) is 2.56. The number of rotatable bonds is 5. The molecule has 2 unspecified atom stereocenters. The highest BCUT2D eigenvalue weighted by atomic mass is 15.1. The van der Waals surface area contributed by atoms with Gasteiger partial charge >= 0.3 is 0 Å². The van der Waals surface area contributed by atoms with Gasteiger partial charge in [-0.05, 0) is 115 Å². The van der Waals surface area contributed by atoms with Crippen LogP contribution in [0.4, 0.5) is 11.4 Å². The molecule has 0 heterocycles. The minimum Gasteiger partial charge on any atom is -0.310 e. The molecule has 2 atom stereocenters. The molecule has 0 radical (unpaired) electrons. The maximum Gasteiger partial charge on any atom is 0.0546 e. The van der Waals surface area contributed by atoms with E-state index in [-0.39, 0.29) is 10.8 Å². The van der Waals surface area contributed by atoms with Crippen molar-refractivity contribution in [3.05, 3.63) is 197 Å². The SMILES string of the molecule is CC1(C)c2ccccc2-c2ccc(C3=CC4c5cccc(-c6c(N(C7=CCCC=C7)c7ccccc7)ccc7ccccc67)c5C(C)(C)C4C=C3)cc21. The zero-order valence-corrected chi connectivity index (χ0v) is 31.1. The molecule has 0 saturated heterocycles. The Morgan fingerprint density at radius 2 is 1.42 bits per heavy atom. The molecule has 6 aromatic rings. The van der Waals surface area contributed by atoms with Crippen molar-refractivity contribution in [3.63, 3.8) is 0 Å². The van der Waals surface area contributed by atoms with Crippen molar-refractivity contribution in [2.24, 2.45) is 5.92 Å². The fraction of sp³-hybridized carbons (Fsp3) is 0.192. The Morgan fingerprint density at radius 3 is 2.26 bits per heavy atom. The van der Waals surface area contributed by atoms with Gasteiger partial charge in [0.05, 0.1) is 5.69 Å². The number of para-hydroxylation sites is 1. The molecule has 53 heavy (non-hydrogen) atoms. The molecule has 0 N–H and O–H groups in total. The normalized spacial score (nSPS) is 19.9. The predicted molar refractivity (Wildman–Crippen MR) is 225 cm³/mol. The maximum atomic E-state index is 2.58. The first kappa shape index (κ1) is 32.0. The summed E-state index contributed by atoms with van der Waals surface area (Å²) in [4.78, 5) is 2.48. The third-order valence-electron chi connectivity index (χ3n) is 12.7. The summed E-state index contributed by atoms with van der Waals surface area (Å²) >= 11 is 0. The van der Waals surface area contributed by atoms with Crippen LogP contribution in [0.25, 0.3) is 38.6 Å². The van der Waals surface area contributed by atoms with Gasteiger partial charge in [0.2, 0.25) is 0 Å². The van der Waals surface area contributed by atoms with E-state index in [1.165, 1.54) is 83.5 Å². The molecule has 0 spiro atoms. The zero-order chi connectivity index (χ0) is 35.9. The van der Waals surface area contributed by atoms with Crippen molar-refractivity contribution in [1.29, 1.82) is 0 Å². The van der Waals surface area contributed by atoms with E-state index in [0.29, 0.717) is 11.8 Å². The lowest BCUT2D eigenvalue weighted by Crippen LogP contribution is -2.25. The van der Waals surface area contributed by atoms with E-state index in [0.717, 1.165) is 12.8 Å². The molecule has 10 rings (SSSR count). The highest BCUT2D eigenvalue weighted by Crippen LogP contribution is 2.58. The summed E-state index contributed by atoms with van der Waals surface area (Å²) in [6.45, 7) is 9.71. The Bertz CT molecular complexity index is 2570. The van der Waals surface area contributed by atoms with E-state index >= 15 is 0 Å².